The quantitative estimate of drug-likeness (QED) is 0.715. The SMILES string of the molecule is C[C@H](NC(C)(C)C)C(=O)C(C)(C)C. The summed E-state index contributed by atoms with van der Waals surface area (Å²) >= 11 is 0. The lowest BCUT2D eigenvalue weighted by atomic mass is 9.86. The first-order chi connectivity index (χ1) is 5.54. The molecule has 2 heteroatoms. The van der Waals surface area contributed by atoms with E-state index in [-0.39, 0.29) is 22.8 Å². The lowest BCUT2D eigenvalue weighted by Gasteiger charge is -2.29. The molecule has 0 aromatic heterocycles. The molecule has 0 aromatic carbocycles. The maximum Gasteiger partial charge on any atom is 0.154 e. The lowest BCUT2D eigenvalue weighted by Crippen LogP contribution is -2.49. The summed E-state index contributed by atoms with van der Waals surface area (Å²) in [7, 11) is 0. The highest BCUT2D eigenvalue weighted by Crippen LogP contribution is 2.17. The number of carbonyl (C=O) groups excluding carboxylic acids is 1. The average molecular weight is 185 g/mol. The van der Waals surface area contributed by atoms with Crippen molar-refractivity contribution in [1.82, 2.24) is 5.32 Å². The van der Waals surface area contributed by atoms with Crippen LogP contribution < -0.4 is 5.32 Å². The Balaban J connectivity index is 4.30. The van der Waals surface area contributed by atoms with Gasteiger partial charge in [0.25, 0.3) is 0 Å². The molecule has 2 nitrogen and oxygen atoms in total. The number of nitrogens with one attached hydrogen (secondary N) is 1. The standard InChI is InChI=1S/C11H23NO/c1-8(12-11(5,6)7)9(13)10(2,3)4/h8,12H,1-7H3/t8-/m0/s1. The van der Waals surface area contributed by atoms with Crippen LogP contribution in [0.5, 0.6) is 0 Å². The van der Waals surface area contributed by atoms with E-state index in [0.29, 0.717) is 0 Å². The van der Waals surface area contributed by atoms with Gasteiger partial charge in [0, 0.05) is 11.0 Å². The fraction of sp³-hybridized carbons (Fsp3) is 0.909. The topological polar surface area (TPSA) is 29.1 Å². The van der Waals surface area contributed by atoms with Crippen molar-refractivity contribution in [2.24, 2.45) is 5.41 Å². The molecule has 0 heterocycles. The molecule has 0 aromatic rings. The van der Waals surface area contributed by atoms with E-state index in [1.165, 1.54) is 0 Å². The first-order valence-corrected chi connectivity index (χ1v) is 4.86. The van der Waals surface area contributed by atoms with Crippen LogP contribution in [0.2, 0.25) is 0 Å². The van der Waals surface area contributed by atoms with E-state index >= 15 is 0 Å². The molecular formula is C11H23NO. The van der Waals surface area contributed by atoms with Crippen molar-refractivity contribution >= 4 is 5.78 Å². The van der Waals surface area contributed by atoms with Crippen molar-refractivity contribution in [3.63, 3.8) is 0 Å². The van der Waals surface area contributed by atoms with Crippen molar-refractivity contribution in [2.45, 2.75) is 60.0 Å². The summed E-state index contributed by atoms with van der Waals surface area (Å²) in [6.07, 6.45) is 0. The Morgan fingerprint density at radius 3 is 1.69 bits per heavy atom. The minimum atomic E-state index is -0.252. The van der Waals surface area contributed by atoms with Gasteiger partial charge < -0.3 is 5.32 Å². The van der Waals surface area contributed by atoms with Gasteiger partial charge in [0.2, 0.25) is 0 Å². The predicted octanol–water partition coefficient (Wildman–Crippen LogP) is 2.38. The number of hydrogen-bond acceptors (Lipinski definition) is 2. The lowest BCUT2D eigenvalue weighted by molar-refractivity contribution is -0.128. The van der Waals surface area contributed by atoms with Gasteiger partial charge in [-0.2, -0.15) is 0 Å². The smallest absolute Gasteiger partial charge is 0.154 e. The zero-order chi connectivity index (χ0) is 10.9. The van der Waals surface area contributed by atoms with Gasteiger partial charge in [-0.15, -0.1) is 0 Å². The largest absolute Gasteiger partial charge is 0.303 e. The number of ketones is 1. The van der Waals surface area contributed by atoms with Crippen LogP contribution in [0.3, 0.4) is 0 Å². The second-order valence-electron chi connectivity index (χ2n) is 5.73. The summed E-state index contributed by atoms with van der Waals surface area (Å²) < 4.78 is 0. The van der Waals surface area contributed by atoms with Crippen LogP contribution in [-0.4, -0.2) is 17.4 Å². The number of carbonyl (C=O) groups is 1. The summed E-state index contributed by atoms with van der Waals surface area (Å²) in [6.45, 7) is 14.0. The van der Waals surface area contributed by atoms with Gasteiger partial charge in [0.05, 0.1) is 6.04 Å². The highest BCUT2D eigenvalue weighted by atomic mass is 16.1. The predicted molar refractivity (Wildman–Crippen MR) is 56.8 cm³/mol. The van der Waals surface area contributed by atoms with E-state index in [2.05, 4.69) is 26.1 Å². The summed E-state index contributed by atoms with van der Waals surface area (Å²) in [6, 6.07) is -0.0694. The fourth-order valence-electron chi connectivity index (χ4n) is 1.36. The van der Waals surface area contributed by atoms with Crippen molar-refractivity contribution in [3.05, 3.63) is 0 Å². The summed E-state index contributed by atoms with van der Waals surface area (Å²) in [5, 5.41) is 3.28. The maximum atomic E-state index is 11.8. The molecule has 13 heavy (non-hydrogen) atoms. The Labute approximate surface area is 82.1 Å². The third kappa shape index (κ3) is 5.04. The van der Waals surface area contributed by atoms with Gasteiger partial charge in [-0.05, 0) is 27.7 Å². The highest BCUT2D eigenvalue weighted by Gasteiger charge is 2.28. The zero-order valence-corrected chi connectivity index (χ0v) is 9.99. The Morgan fingerprint density at radius 2 is 1.46 bits per heavy atom. The van der Waals surface area contributed by atoms with Gasteiger partial charge in [-0.25, -0.2) is 0 Å². The van der Waals surface area contributed by atoms with Gasteiger partial charge >= 0.3 is 0 Å². The van der Waals surface area contributed by atoms with Crippen LogP contribution in [0.4, 0.5) is 0 Å². The minimum Gasteiger partial charge on any atom is -0.303 e. The molecule has 0 spiro atoms. The second kappa shape index (κ2) is 3.79. The molecule has 0 rings (SSSR count). The summed E-state index contributed by atoms with van der Waals surface area (Å²) in [5.41, 5.74) is -0.252. The molecule has 1 atom stereocenters. The van der Waals surface area contributed by atoms with Crippen LogP contribution in [0, 0.1) is 5.41 Å². The first kappa shape index (κ1) is 12.6. The Morgan fingerprint density at radius 1 is 1.08 bits per heavy atom. The highest BCUT2D eigenvalue weighted by molar-refractivity contribution is 5.88. The molecule has 1 N–H and O–H groups in total. The monoisotopic (exact) mass is 185 g/mol. The van der Waals surface area contributed by atoms with Crippen LogP contribution in [0.1, 0.15) is 48.5 Å². The molecule has 0 aliphatic rings. The van der Waals surface area contributed by atoms with Crippen molar-refractivity contribution in [1.29, 1.82) is 0 Å². The first-order valence-electron chi connectivity index (χ1n) is 4.86. The molecule has 0 bridgehead atoms. The normalized spacial score (nSPS) is 15.6. The van der Waals surface area contributed by atoms with Crippen molar-refractivity contribution in [3.8, 4) is 0 Å². The van der Waals surface area contributed by atoms with E-state index in [0.717, 1.165) is 0 Å². The Kier molecular flexibility index (Phi) is 3.68. The molecule has 0 aliphatic carbocycles. The molecular weight excluding hydrogens is 162 g/mol. The summed E-state index contributed by atoms with van der Waals surface area (Å²) in [5.74, 6) is 0.266. The van der Waals surface area contributed by atoms with E-state index in [1.54, 1.807) is 0 Å². The van der Waals surface area contributed by atoms with E-state index in [4.69, 9.17) is 0 Å². The van der Waals surface area contributed by atoms with E-state index < -0.39 is 0 Å². The maximum absolute atomic E-state index is 11.8. The summed E-state index contributed by atoms with van der Waals surface area (Å²) in [4.78, 5) is 11.8. The van der Waals surface area contributed by atoms with Crippen LogP contribution >= 0.6 is 0 Å². The van der Waals surface area contributed by atoms with Gasteiger partial charge in [0.15, 0.2) is 5.78 Å². The Hall–Kier alpha value is -0.370. The minimum absolute atomic E-state index is 0.000324. The molecule has 0 fully saturated rings. The molecule has 0 amide bonds. The number of rotatable bonds is 2. The molecule has 0 unspecified atom stereocenters. The van der Waals surface area contributed by atoms with Crippen LogP contribution in [0.15, 0.2) is 0 Å². The van der Waals surface area contributed by atoms with E-state index in [9.17, 15) is 4.79 Å². The van der Waals surface area contributed by atoms with E-state index in [1.807, 2.05) is 27.7 Å². The third-order valence-electron chi connectivity index (χ3n) is 1.78. The average Bonchev–Trinajstić information content (AvgIpc) is 1.79. The van der Waals surface area contributed by atoms with Crippen LogP contribution in [-0.2, 0) is 4.79 Å². The molecule has 78 valence electrons. The van der Waals surface area contributed by atoms with Crippen LogP contribution in [0.25, 0.3) is 0 Å². The molecule has 0 aliphatic heterocycles. The third-order valence-corrected chi connectivity index (χ3v) is 1.78. The Bertz CT molecular complexity index is 183. The number of Topliss-reactive ketones (excluding diaryl/α,β-unsaturated/α-hetero) is 1. The van der Waals surface area contributed by atoms with Gasteiger partial charge in [0.1, 0.15) is 0 Å². The second-order valence-corrected chi connectivity index (χ2v) is 5.73. The van der Waals surface area contributed by atoms with Gasteiger partial charge in [-0.3, -0.25) is 4.79 Å². The molecule has 0 saturated heterocycles. The van der Waals surface area contributed by atoms with Crippen molar-refractivity contribution < 1.29 is 4.79 Å². The molecule has 0 radical (unpaired) electrons. The molecule has 0 saturated carbocycles. The van der Waals surface area contributed by atoms with Gasteiger partial charge in [-0.1, -0.05) is 20.8 Å². The fourth-order valence-corrected chi connectivity index (χ4v) is 1.36. The zero-order valence-electron chi connectivity index (χ0n) is 9.99. The van der Waals surface area contributed by atoms with Crippen molar-refractivity contribution in [2.75, 3.05) is 0 Å². The number of hydrogen-bond donors (Lipinski definition) is 1.